The summed E-state index contributed by atoms with van der Waals surface area (Å²) in [6.07, 6.45) is 0. The molecule has 10 aromatic rings. The van der Waals surface area contributed by atoms with Gasteiger partial charge < -0.3 is 4.42 Å². The number of para-hydroxylation sites is 1. The molecule has 0 aliphatic rings. The maximum atomic E-state index is 9.82. The zero-order valence-corrected chi connectivity index (χ0v) is 25.3. The van der Waals surface area contributed by atoms with E-state index in [9.17, 15) is 8.22 Å². The summed E-state index contributed by atoms with van der Waals surface area (Å²) in [6.45, 7) is 0. The molecule has 0 amide bonds. The minimum atomic E-state index is -0.926. The Hall–Kier alpha value is -6.44. The SMILES string of the molecule is [2H]c1c([2H])c(-c2c([2H])c([2H])c([2H])c3c([2H])c([2H])c([2H])c([2H])c23)c([2H])c(-c2c3c([2H])c([2H])c([2H])c([2H])c3c(-c3ccc(-c4ccc5oc6ccccc6c5c4)cc3)c3c([2H])c([2H])c([2H])c([2H])c23)c1[2H]. The Morgan fingerprint density at radius 1 is 0.367 bits per heavy atom. The quantitative estimate of drug-likeness (QED) is 0.174. The van der Waals surface area contributed by atoms with Gasteiger partial charge in [-0.05, 0) is 101 Å². The Bertz CT molecular complexity index is 3860. The molecule has 0 atom stereocenters. The van der Waals surface area contributed by atoms with E-state index in [-0.39, 0.29) is 21.9 Å². The molecule has 10 rings (SSSR count). The van der Waals surface area contributed by atoms with Crippen molar-refractivity contribution in [3.63, 3.8) is 0 Å². The van der Waals surface area contributed by atoms with E-state index in [0.29, 0.717) is 11.2 Å². The molecule has 0 aliphatic carbocycles. The van der Waals surface area contributed by atoms with E-state index in [4.69, 9.17) is 22.2 Å². The van der Waals surface area contributed by atoms with Gasteiger partial charge in [-0.3, -0.25) is 0 Å². The first-order valence-electron chi connectivity index (χ1n) is 24.8. The number of benzene rings is 9. The van der Waals surface area contributed by atoms with Crippen molar-refractivity contribution in [2.24, 2.45) is 0 Å². The Balaban J connectivity index is 1.36. The summed E-state index contributed by atoms with van der Waals surface area (Å²) in [5, 5.41) is -0.613. The molecule has 0 saturated heterocycles. The highest BCUT2D eigenvalue weighted by atomic mass is 16.3. The van der Waals surface area contributed by atoms with Crippen molar-refractivity contribution >= 4 is 54.3 Å². The monoisotopic (exact) mass is 641 g/mol. The molecule has 0 radical (unpaired) electrons. The summed E-state index contributed by atoms with van der Waals surface area (Å²) in [4.78, 5) is 0. The van der Waals surface area contributed by atoms with Crippen LogP contribution in [0.4, 0.5) is 0 Å². The summed E-state index contributed by atoms with van der Waals surface area (Å²) in [5.74, 6) is 0. The standard InChI is InChI=1S/C48H30O/c1-2-15-37-32(11-1)12-10-21-38(37)35-13-9-14-36(29-35)48-42-19-5-3-17-40(42)47(41-18-4-6-20-43(41)48)33-25-23-31(24-26-33)34-27-28-46-44(30-34)39-16-7-8-22-45(39)49-46/h1-30H/i1D,2D,3D,4D,5D,6D,9D,10D,11D,12D,13D,14D,15D,17D,18D,19D,20D,21D,29D. The van der Waals surface area contributed by atoms with Crippen LogP contribution in [0.25, 0.3) is 98.8 Å². The summed E-state index contributed by atoms with van der Waals surface area (Å²) in [6, 6.07) is 5.13. The molecule has 0 spiro atoms. The Labute approximate surface area is 311 Å². The highest BCUT2D eigenvalue weighted by molar-refractivity contribution is 6.21. The van der Waals surface area contributed by atoms with Crippen LogP contribution in [0.2, 0.25) is 0 Å². The Morgan fingerprint density at radius 3 is 1.67 bits per heavy atom. The van der Waals surface area contributed by atoms with Gasteiger partial charge >= 0.3 is 0 Å². The molecule has 228 valence electrons. The summed E-state index contributed by atoms with van der Waals surface area (Å²) in [7, 11) is 0. The van der Waals surface area contributed by atoms with Crippen molar-refractivity contribution in [3.8, 4) is 44.5 Å². The predicted octanol–water partition coefficient (Wildman–Crippen LogP) is 13.7. The van der Waals surface area contributed by atoms with Crippen LogP contribution in [0.5, 0.6) is 0 Å². The van der Waals surface area contributed by atoms with Crippen molar-refractivity contribution in [1.29, 1.82) is 0 Å². The number of fused-ring (bicyclic) bond motifs is 6. The van der Waals surface area contributed by atoms with E-state index >= 15 is 0 Å². The fraction of sp³-hybridized carbons (Fsp3) is 0. The third-order valence-corrected chi connectivity index (χ3v) is 8.70. The smallest absolute Gasteiger partial charge is 0.135 e. The van der Waals surface area contributed by atoms with Crippen molar-refractivity contribution in [2.75, 3.05) is 0 Å². The van der Waals surface area contributed by atoms with Gasteiger partial charge in [0.15, 0.2) is 0 Å². The molecular formula is C48H30O. The van der Waals surface area contributed by atoms with Gasteiger partial charge in [0, 0.05) is 10.8 Å². The molecule has 0 fully saturated rings. The van der Waals surface area contributed by atoms with Crippen molar-refractivity contribution in [1.82, 2.24) is 0 Å². The van der Waals surface area contributed by atoms with Gasteiger partial charge in [0.2, 0.25) is 0 Å². The first-order valence-corrected chi connectivity index (χ1v) is 15.3. The minimum absolute atomic E-state index is 0.0395. The maximum absolute atomic E-state index is 9.82. The first-order chi connectivity index (χ1) is 32.2. The number of rotatable bonds is 4. The molecule has 1 nitrogen and oxygen atoms in total. The molecule has 0 saturated carbocycles. The summed E-state index contributed by atoms with van der Waals surface area (Å²) < 4.78 is 177. The van der Waals surface area contributed by atoms with Gasteiger partial charge in [0.1, 0.15) is 11.2 Å². The van der Waals surface area contributed by atoms with Crippen LogP contribution in [0.15, 0.2) is 186 Å². The van der Waals surface area contributed by atoms with Gasteiger partial charge in [-0.1, -0.05) is 157 Å². The Morgan fingerprint density at radius 2 is 0.918 bits per heavy atom. The number of furan rings is 1. The topological polar surface area (TPSA) is 13.1 Å². The van der Waals surface area contributed by atoms with E-state index in [1.54, 1.807) is 24.3 Å². The van der Waals surface area contributed by atoms with Crippen LogP contribution in [-0.4, -0.2) is 0 Å². The number of hydrogen-bond donors (Lipinski definition) is 0. The van der Waals surface area contributed by atoms with Crippen LogP contribution in [-0.2, 0) is 0 Å². The van der Waals surface area contributed by atoms with Gasteiger partial charge in [-0.2, -0.15) is 0 Å². The van der Waals surface area contributed by atoms with E-state index in [1.807, 2.05) is 42.5 Å². The minimum Gasteiger partial charge on any atom is -0.456 e. The lowest BCUT2D eigenvalue weighted by Gasteiger charge is -2.18. The second kappa shape index (κ2) is 11.1. The van der Waals surface area contributed by atoms with E-state index in [2.05, 4.69) is 0 Å². The van der Waals surface area contributed by atoms with E-state index < -0.39 is 159 Å². The van der Waals surface area contributed by atoms with Crippen molar-refractivity contribution < 1.29 is 30.5 Å². The molecule has 0 bridgehead atoms. The van der Waals surface area contributed by atoms with Gasteiger partial charge in [0.25, 0.3) is 0 Å². The zero-order chi connectivity index (χ0) is 48.8. The fourth-order valence-corrected chi connectivity index (χ4v) is 6.49. The lowest BCUT2D eigenvalue weighted by molar-refractivity contribution is 0.669. The van der Waals surface area contributed by atoms with Crippen LogP contribution in [0.3, 0.4) is 0 Å². The molecule has 0 unspecified atom stereocenters. The summed E-state index contributed by atoms with van der Waals surface area (Å²) in [5.41, 5.74) is 0.651. The second-order valence-corrected chi connectivity index (χ2v) is 11.4. The molecular weight excluding hydrogens is 593 g/mol. The lowest BCUT2D eigenvalue weighted by atomic mass is 9.85. The lowest BCUT2D eigenvalue weighted by Crippen LogP contribution is -1.91. The molecule has 1 heteroatoms. The van der Waals surface area contributed by atoms with Crippen LogP contribution >= 0.6 is 0 Å². The second-order valence-electron chi connectivity index (χ2n) is 11.4. The third kappa shape index (κ3) is 4.47. The van der Waals surface area contributed by atoms with Crippen molar-refractivity contribution in [2.45, 2.75) is 0 Å². The molecule has 49 heavy (non-hydrogen) atoms. The average molecular weight is 642 g/mol. The Kier molecular flexibility index (Phi) is 3.34. The maximum Gasteiger partial charge on any atom is 0.135 e. The average Bonchev–Trinajstić information content (AvgIpc) is 3.71. The van der Waals surface area contributed by atoms with Gasteiger partial charge in [0.05, 0.1) is 26.0 Å². The predicted molar refractivity (Wildman–Crippen MR) is 208 cm³/mol. The zero-order valence-electron chi connectivity index (χ0n) is 44.3. The van der Waals surface area contributed by atoms with Crippen molar-refractivity contribution in [3.05, 3.63) is 182 Å². The molecule has 0 N–H and O–H groups in total. The fourth-order valence-electron chi connectivity index (χ4n) is 6.49. The highest BCUT2D eigenvalue weighted by Crippen LogP contribution is 2.45. The normalized spacial score (nSPS) is 17.1. The van der Waals surface area contributed by atoms with Crippen LogP contribution in [0, 0.1) is 0 Å². The van der Waals surface area contributed by atoms with Crippen LogP contribution < -0.4 is 0 Å². The van der Waals surface area contributed by atoms with Crippen LogP contribution in [0.1, 0.15) is 26.0 Å². The van der Waals surface area contributed by atoms with Gasteiger partial charge in [-0.15, -0.1) is 0 Å². The highest BCUT2D eigenvalue weighted by Gasteiger charge is 2.17. The molecule has 9 aromatic carbocycles. The van der Waals surface area contributed by atoms with E-state index in [0.717, 1.165) is 21.9 Å². The molecule has 1 aromatic heterocycles. The third-order valence-electron chi connectivity index (χ3n) is 8.70. The largest absolute Gasteiger partial charge is 0.456 e. The van der Waals surface area contributed by atoms with E-state index in [1.165, 1.54) is 0 Å². The molecule has 0 aliphatic heterocycles. The number of hydrogen-bond acceptors (Lipinski definition) is 1. The summed E-state index contributed by atoms with van der Waals surface area (Å²) >= 11 is 0. The molecule has 1 heterocycles. The van der Waals surface area contributed by atoms with Gasteiger partial charge in [-0.25, -0.2) is 0 Å². The first kappa shape index (κ1) is 14.8.